The maximum absolute atomic E-state index is 12.5. The van der Waals surface area contributed by atoms with Crippen LogP contribution in [0.15, 0.2) is 0 Å². The summed E-state index contributed by atoms with van der Waals surface area (Å²) >= 11 is 1.44. The molecule has 9 heteroatoms. The van der Waals surface area contributed by atoms with Crippen molar-refractivity contribution in [3.05, 3.63) is 0 Å². The van der Waals surface area contributed by atoms with Crippen molar-refractivity contribution < 1.29 is 22.8 Å². The average molecular weight is 315 g/mol. The first-order valence-corrected chi connectivity index (χ1v) is 7.28. The number of alkyl halides is 3. The number of nitrogens with two attached hydrogens (primary N) is 1. The number of carbonyl (C=O) groups is 2. The molecule has 0 spiro atoms. The fraction of sp³-hybridized carbons (Fsp3) is 0.818. The van der Waals surface area contributed by atoms with Gasteiger partial charge in [0.25, 0.3) is 0 Å². The predicted octanol–water partition coefficient (Wildman–Crippen LogP) is 0.546. The third kappa shape index (κ3) is 7.59. The molecule has 5 nitrogen and oxygen atoms in total. The summed E-state index contributed by atoms with van der Waals surface area (Å²) in [6.07, 6.45) is -2.49. The molecule has 0 fully saturated rings. The van der Waals surface area contributed by atoms with Crippen LogP contribution in [0.1, 0.15) is 6.42 Å². The van der Waals surface area contributed by atoms with Crippen LogP contribution in [0.4, 0.5) is 13.2 Å². The lowest BCUT2D eigenvalue weighted by Crippen LogP contribution is -2.51. The van der Waals surface area contributed by atoms with Gasteiger partial charge in [0.2, 0.25) is 11.8 Å². The minimum atomic E-state index is -4.57. The number of carbonyl (C=O) groups excluding carboxylic acids is 2. The predicted molar refractivity (Wildman–Crippen MR) is 72.3 cm³/mol. The van der Waals surface area contributed by atoms with Crippen LogP contribution in [0.5, 0.6) is 0 Å². The van der Waals surface area contributed by atoms with E-state index in [9.17, 15) is 22.8 Å². The summed E-state index contributed by atoms with van der Waals surface area (Å²) in [6, 6.07) is -1.03. The van der Waals surface area contributed by atoms with E-state index in [2.05, 4.69) is 0 Å². The first-order valence-electron chi connectivity index (χ1n) is 5.88. The Bertz CT molecular complexity index is 337. The Balaban J connectivity index is 4.82. The summed E-state index contributed by atoms with van der Waals surface area (Å²) in [5.74, 6) is -0.875. The van der Waals surface area contributed by atoms with Gasteiger partial charge in [0.05, 0.1) is 6.04 Å². The van der Waals surface area contributed by atoms with E-state index in [4.69, 9.17) is 5.73 Å². The van der Waals surface area contributed by atoms with Gasteiger partial charge in [-0.05, 0) is 18.4 Å². The van der Waals surface area contributed by atoms with Crippen molar-refractivity contribution in [3.8, 4) is 0 Å². The molecule has 2 amide bonds. The lowest BCUT2D eigenvalue weighted by Gasteiger charge is -2.27. The summed E-state index contributed by atoms with van der Waals surface area (Å²) in [5.41, 5.74) is 5.58. The van der Waals surface area contributed by atoms with Gasteiger partial charge in [-0.1, -0.05) is 0 Å². The molecule has 0 saturated heterocycles. The highest BCUT2D eigenvalue weighted by Gasteiger charge is 2.35. The topological polar surface area (TPSA) is 66.6 Å². The fourth-order valence-corrected chi connectivity index (χ4v) is 1.83. The van der Waals surface area contributed by atoms with Gasteiger partial charge in [0.15, 0.2) is 0 Å². The monoisotopic (exact) mass is 315 g/mol. The van der Waals surface area contributed by atoms with Crippen LogP contribution in [0.25, 0.3) is 0 Å². The molecule has 0 aliphatic carbocycles. The van der Waals surface area contributed by atoms with Crippen molar-refractivity contribution in [2.75, 3.05) is 39.2 Å². The number of likely N-dealkylation sites (N-methyl/N-ethyl adjacent to an activating group) is 1. The van der Waals surface area contributed by atoms with E-state index in [1.165, 1.54) is 25.9 Å². The van der Waals surface area contributed by atoms with E-state index in [0.717, 1.165) is 4.90 Å². The highest BCUT2D eigenvalue weighted by molar-refractivity contribution is 7.98. The molecule has 20 heavy (non-hydrogen) atoms. The van der Waals surface area contributed by atoms with Gasteiger partial charge in [0, 0.05) is 14.1 Å². The van der Waals surface area contributed by atoms with Crippen LogP contribution in [-0.2, 0) is 9.59 Å². The molecule has 0 aromatic heterocycles. The Hall–Kier alpha value is -0.960. The van der Waals surface area contributed by atoms with E-state index in [1.807, 2.05) is 0 Å². The van der Waals surface area contributed by atoms with Gasteiger partial charge in [-0.15, -0.1) is 0 Å². The Morgan fingerprint density at radius 3 is 2.25 bits per heavy atom. The second-order valence-electron chi connectivity index (χ2n) is 4.49. The number of hydrogen-bond acceptors (Lipinski definition) is 4. The molecule has 2 N–H and O–H groups in total. The van der Waals surface area contributed by atoms with Crippen molar-refractivity contribution in [1.82, 2.24) is 9.80 Å². The summed E-state index contributed by atoms with van der Waals surface area (Å²) < 4.78 is 37.4. The van der Waals surface area contributed by atoms with Crippen LogP contribution in [0.2, 0.25) is 0 Å². The molecule has 0 aromatic rings. The maximum atomic E-state index is 12.5. The third-order valence-corrected chi connectivity index (χ3v) is 3.10. The minimum absolute atomic E-state index is 0.268. The fourth-order valence-electron chi connectivity index (χ4n) is 1.34. The van der Waals surface area contributed by atoms with Gasteiger partial charge in [-0.3, -0.25) is 9.59 Å². The van der Waals surface area contributed by atoms with Crippen LogP contribution in [-0.4, -0.2) is 73.0 Å². The molecule has 0 rings (SSSR count). The van der Waals surface area contributed by atoms with Gasteiger partial charge >= 0.3 is 6.18 Å². The lowest BCUT2D eigenvalue weighted by molar-refractivity contribution is -0.164. The van der Waals surface area contributed by atoms with Crippen LogP contribution in [0, 0.1) is 0 Å². The molecule has 0 radical (unpaired) electrons. The molecule has 118 valence electrons. The Morgan fingerprint density at radius 2 is 1.85 bits per heavy atom. The van der Waals surface area contributed by atoms with E-state index < -0.39 is 37.1 Å². The Kier molecular flexibility index (Phi) is 7.95. The highest BCUT2D eigenvalue weighted by Crippen LogP contribution is 2.17. The smallest absolute Gasteiger partial charge is 0.347 e. The molecular weight excluding hydrogens is 295 g/mol. The first-order chi connectivity index (χ1) is 9.08. The molecule has 0 unspecified atom stereocenters. The average Bonchev–Trinajstić information content (AvgIpc) is 2.32. The number of rotatable bonds is 7. The second-order valence-corrected chi connectivity index (χ2v) is 5.47. The van der Waals surface area contributed by atoms with Gasteiger partial charge in [-0.2, -0.15) is 24.9 Å². The molecule has 0 aliphatic rings. The van der Waals surface area contributed by atoms with E-state index in [1.54, 1.807) is 6.26 Å². The Labute approximate surface area is 120 Å². The molecule has 1 atom stereocenters. The number of thioether (sulfide) groups is 1. The zero-order chi connectivity index (χ0) is 15.9. The Morgan fingerprint density at radius 1 is 1.30 bits per heavy atom. The number of amides is 2. The molecule has 0 saturated carbocycles. The highest BCUT2D eigenvalue weighted by atomic mass is 32.2. The van der Waals surface area contributed by atoms with Crippen LogP contribution < -0.4 is 5.73 Å². The lowest BCUT2D eigenvalue weighted by atomic mass is 10.2. The zero-order valence-electron chi connectivity index (χ0n) is 11.7. The van der Waals surface area contributed by atoms with Gasteiger partial charge in [-0.25, -0.2) is 0 Å². The summed E-state index contributed by atoms with van der Waals surface area (Å²) in [5, 5.41) is 0. The molecule has 0 aliphatic heterocycles. The van der Waals surface area contributed by atoms with Crippen molar-refractivity contribution in [2.45, 2.75) is 18.6 Å². The first kappa shape index (κ1) is 19.0. The summed E-state index contributed by atoms with van der Waals surface area (Å²) in [7, 11) is 2.82. The molecular formula is C11H20F3N3O2S. The number of nitrogens with zero attached hydrogens (tertiary/aromatic N) is 2. The standard InChI is InChI=1S/C11H20F3N3O2S/c1-16(2)9(18)6-17(7-11(12,13)14)10(19)8(15)4-5-20-3/h8H,4-7,15H2,1-3H3/t8-/m1/s1. The van der Waals surface area contributed by atoms with E-state index in [-0.39, 0.29) is 6.42 Å². The van der Waals surface area contributed by atoms with Crippen molar-refractivity contribution in [2.24, 2.45) is 5.73 Å². The van der Waals surface area contributed by atoms with Gasteiger partial charge in [0.1, 0.15) is 13.1 Å². The van der Waals surface area contributed by atoms with Crippen LogP contribution >= 0.6 is 11.8 Å². The normalized spacial score (nSPS) is 12.9. The quantitative estimate of drug-likeness (QED) is 0.745. The van der Waals surface area contributed by atoms with Crippen molar-refractivity contribution in [1.29, 1.82) is 0 Å². The molecule has 0 aromatic carbocycles. The zero-order valence-corrected chi connectivity index (χ0v) is 12.6. The van der Waals surface area contributed by atoms with Crippen molar-refractivity contribution in [3.63, 3.8) is 0 Å². The molecule has 0 heterocycles. The summed E-state index contributed by atoms with van der Waals surface area (Å²) in [6.45, 7) is -2.10. The van der Waals surface area contributed by atoms with Crippen LogP contribution in [0.3, 0.4) is 0 Å². The second kappa shape index (κ2) is 8.35. The largest absolute Gasteiger partial charge is 0.406 e. The van der Waals surface area contributed by atoms with Gasteiger partial charge < -0.3 is 15.5 Å². The number of hydrogen-bond donors (Lipinski definition) is 1. The maximum Gasteiger partial charge on any atom is 0.406 e. The van der Waals surface area contributed by atoms with E-state index in [0.29, 0.717) is 10.7 Å². The minimum Gasteiger partial charge on any atom is -0.347 e. The molecule has 0 bridgehead atoms. The summed E-state index contributed by atoms with van der Waals surface area (Å²) in [4.78, 5) is 25.0. The van der Waals surface area contributed by atoms with E-state index >= 15 is 0 Å². The number of halogens is 3. The SMILES string of the molecule is CSCC[C@@H](N)C(=O)N(CC(=O)N(C)C)CC(F)(F)F. The third-order valence-electron chi connectivity index (χ3n) is 2.46. The van der Waals surface area contributed by atoms with Crippen molar-refractivity contribution >= 4 is 23.6 Å².